The van der Waals surface area contributed by atoms with Gasteiger partial charge in [-0.05, 0) is 24.6 Å². The van der Waals surface area contributed by atoms with E-state index in [1.54, 1.807) is 0 Å². The molecule has 0 fully saturated rings. The van der Waals surface area contributed by atoms with Crippen LogP contribution in [0.1, 0.15) is 22.3 Å². The lowest BCUT2D eigenvalue weighted by atomic mass is 10.1. The van der Waals surface area contributed by atoms with Gasteiger partial charge >= 0.3 is 6.18 Å². The summed E-state index contributed by atoms with van der Waals surface area (Å²) in [6.07, 6.45) is -5.39. The van der Waals surface area contributed by atoms with Crippen molar-refractivity contribution in [3.63, 3.8) is 0 Å². The number of rotatable bonds is 3. The second-order valence-corrected chi connectivity index (χ2v) is 4.06. The lowest BCUT2D eigenvalue weighted by Gasteiger charge is -2.18. The van der Waals surface area contributed by atoms with Gasteiger partial charge in [0.2, 0.25) is 0 Å². The van der Waals surface area contributed by atoms with E-state index in [4.69, 9.17) is 0 Å². The highest BCUT2D eigenvalue weighted by Crippen LogP contribution is 2.20. The highest BCUT2D eigenvalue weighted by atomic mass is 19.4. The molecule has 2 nitrogen and oxygen atoms in total. The quantitative estimate of drug-likeness (QED) is 0.767. The highest BCUT2D eigenvalue weighted by molar-refractivity contribution is 5.94. The molecule has 0 radical (unpaired) electrons. The van der Waals surface area contributed by atoms with E-state index in [0.29, 0.717) is 5.56 Å². The van der Waals surface area contributed by atoms with Gasteiger partial charge in [0.25, 0.3) is 5.91 Å². The maximum atomic E-state index is 13.2. The van der Waals surface area contributed by atoms with Crippen molar-refractivity contribution in [2.45, 2.75) is 19.5 Å². The van der Waals surface area contributed by atoms with Gasteiger partial charge in [0, 0.05) is 19.2 Å². The van der Waals surface area contributed by atoms with Crippen LogP contribution in [0.2, 0.25) is 0 Å². The van der Waals surface area contributed by atoms with Crippen molar-refractivity contribution in [3.8, 4) is 0 Å². The summed E-state index contributed by atoms with van der Waals surface area (Å²) in [6, 6.07) is 3.84. The van der Waals surface area contributed by atoms with Crippen molar-refractivity contribution in [1.82, 2.24) is 4.90 Å². The third kappa shape index (κ3) is 4.01. The van der Waals surface area contributed by atoms with Gasteiger partial charge in [0.15, 0.2) is 0 Å². The lowest BCUT2D eigenvalue weighted by molar-refractivity contribution is -0.136. The zero-order valence-electron chi connectivity index (χ0n) is 10.0. The normalized spacial score (nSPS) is 11.4. The minimum atomic E-state index is -4.31. The van der Waals surface area contributed by atoms with Crippen LogP contribution in [-0.2, 0) is 0 Å². The molecule has 0 saturated carbocycles. The highest BCUT2D eigenvalue weighted by Gasteiger charge is 2.28. The van der Waals surface area contributed by atoms with Crippen LogP contribution in [0.25, 0.3) is 0 Å². The molecule has 1 rings (SSSR count). The molecule has 0 unspecified atom stereocenters. The maximum Gasteiger partial charge on any atom is 0.390 e. The summed E-state index contributed by atoms with van der Waals surface area (Å²) in [5.41, 5.74) is 0.423. The van der Waals surface area contributed by atoms with Crippen LogP contribution < -0.4 is 0 Å². The minimum absolute atomic E-state index is 0.0442. The minimum Gasteiger partial charge on any atom is -0.341 e. The lowest BCUT2D eigenvalue weighted by Crippen LogP contribution is -2.30. The number of amides is 1. The molecule has 0 aliphatic rings. The summed E-state index contributed by atoms with van der Waals surface area (Å²) in [7, 11) is 1.26. The molecule has 0 heterocycles. The summed E-state index contributed by atoms with van der Waals surface area (Å²) >= 11 is 0. The third-order valence-corrected chi connectivity index (χ3v) is 2.50. The molecule has 0 aliphatic carbocycles. The molecule has 6 heteroatoms. The third-order valence-electron chi connectivity index (χ3n) is 2.50. The average Bonchev–Trinajstić information content (AvgIpc) is 2.27. The standard InChI is InChI=1S/C12H13F4NO/c1-8-3-4-9(7-10(8)13)11(18)17(2)6-5-12(14,15)16/h3-4,7H,5-6H2,1-2H3. The van der Waals surface area contributed by atoms with E-state index < -0.39 is 30.9 Å². The summed E-state index contributed by atoms with van der Waals surface area (Å²) in [4.78, 5) is 12.6. The van der Waals surface area contributed by atoms with Crippen molar-refractivity contribution >= 4 is 5.91 Å². The van der Waals surface area contributed by atoms with E-state index >= 15 is 0 Å². The SMILES string of the molecule is Cc1ccc(C(=O)N(C)CCC(F)(F)F)cc1F. The van der Waals surface area contributed by atoms with Crippen molar-refractivity contribution in [2.24, 2.45) is 0 Å². The summed E-state index contributed by atoms with van der Waals surface area (Å²) in [5.74, 6) is -1.18. The summed E-state index contributed by atoms with van der Waals surface area (Å²) < 4.78 is 49.2. The first kappa shape index (κ1) is 14.5. The van der Waals surface area contributed by atoms with Crippen LogP contribution in [0.4, 0.5) is 17.6 Å². The number of carbonyl (C=O) groups is 1. The summed E-state index contributed by atoms with van der Waals surface area (Å²) in [6.45, 7) is 1.09. The number of benzene rings is 1. The molecule has 18 heavy (non-hydrogen) atoms. The number of nitrogens with zero attached hydrogens (tertiary/aromatic N) is 1. The van der Waals surface area contributed by atoms with E-state index in [-0.39, 0.29) is 5.56 Å². The molecule has 0 atom stereocenters. The predicted octanol–water partition coefficient (Wildman–Crippen LogP) is 3.16. The van der Waals surface area contributed by atoms with Gasteiger partial charge in [0.1, 0.15) is 5.82 Å². The molecule has 0 N–H and O–H groups in total. The number of hydrogen-bond acceptors (Lipinski definition) is 1. The maximum absolute atomic E-state index is 13.2. The second-order valence-electron chi connectivity index (χ2n) is 4.06. The number of carbonyl (C=O) groups excluding carboxylic acids is 1. The Morgan fingerprint density at radius 1 is 1.33 bits per heavy atom. The Kier molecular flexibility index (Phi) is 4.32. The Hall–Kier alpha value is -1.59. The molecular weight excluding hydrogens is 250 g/mol. The molecule has 0 aliphatic heterocycles. The molecule has 0 spiro atoms. The van der Waals surface area contributed by atoms with Crippen LogP contribution in [0.5, 0.6) is 0 Å². The first-order valence-electron chi connectivity index (χ1n) is 5.29. The van der Waals surface area contributed by atoms with Crippen molar-refractivity contribution in [1.29, 1.82) is 0 Å². The van der Waals surface area contributed by atoms with Gasteiger partial charge in [-0.3, -0.25) is 4.79 Å². The zero-order valence-corrected chi connectivity index (χ0v) is 10.0. The van der Waals surface area contributed by atoms with Crippen LogP contribution in [-0.4, -0.2) is 30.6 Å². The molecule has 0 bridgehead atoms. The van der Waals surface area contributed by atoms with Crippen LogP contribution in [0.15, 0.2) is 18.2 Å². The van der Waals surface area contributed by atoms with Gasteiger partial charge in [0.05, 0.1) is 6.42 Å². The Balaban J connectivity index is 2.71. The van der Waals surface area contributed by atoms with Gasteiger partial charge in [-0.25, -0.2) is 4.39 Å². The van der Waals surface area contributed by atoms with E-state index in [0.717, 1.165) is 11.0 Å². The fraction of sp³-hybridized carbons (Fsp3) is 0.417. The van der Waals surface area contributed by atoms with Gasteiger partial charge < -0.3 is 4.90 Å². The van der Waals surface area contributed by atoms with E-state index in [1.807, 2.05) is 0 Å². The second kappa shape index (κ2) is 5.37. The van der Waals surface area contributed by atoms with Crippen LogP contribution in [0, 0.1) is 12.7 Å². The number of alkyl halides is 3. The molecule has 1 aromatic rings. The first-order chi connectivity index (χ1) is 8.20. The fourth-order valence-electron chi connectivity index (χ4n) is 1.34. The number of hydrogen-bond donors (Lipinski definition) is 0. The largest absolute Gasteiger partial charge is 0.390 e. The molecule has 100 valence electrons. The Labute approximate surface area is 102 Å². The van der Waals surface area contributed by atoms with Crippen molar-refractivity contribution in [2.75, 3.05) is 13.6 Å². The van der Waals surface area contributed by atoms with E-state index in [9.17, 15) is 22.4 Å². The molecule has 0 saturated heterocycles. The van der Waals surface area contributed by atoms with Gasteiger partial charge in [-0.15, -0.1) is 0 Å². The smallest absolute Gasteiger partial charge is 0.341 e. The number of halogens is 4. The average molecular weight is 263 g/mol. The van der Waals surface area contributed by atoms with E-state index in [2.05, 4.69) is 0 Å². The van der Waals surface area contributed by atoms with Gasteiger partial charge in [-0.1, -0.05) is 6.07 Å². The Morgan fingerprint density at radius 2 is 1.94 bits per heavy atom. The topological polar surface area (TPSA) is 20.3 Å². The van der Waals surface area contributed by atoms with Crippen molar-refractivity contribution in [3.05, 3.63) is 35.1 Å². The van der Waals surface area contributed by atoms with Gasteiger partial charge in [-0.2, -0.15) is 13.2 Å². The zero-order chi connectivity index (χ0) is 13.9. The Bertz CT molecular complexity index is 442. The first-order valence-corrected chi connectivity index (χ1v) is 5.29. The van der Waals surface area contributed by atoms with Crippen LogP contribution in [0.3, 0.4) is 0 Å². The van der Waals surface area contributed by atoms with Crippen LogP contribution >= 0.6 is 0 Å². The molecular formula is C12H13F4NO. The van der Waals surface area contributed by atoms with Crippen molar-refractivity contribution < 1.29 is 22.4 Å². The monoisotopic (exact) mass is 263 g/mol. The molecule has 1 amide bonds. The fourth-order valence-corrected chi connectivity index (χ4v) is 1.34. The molecule has 1 aromatic carbocycles. The van der Waals surface area contributed by atoms with E-state index in [1.165, 1.54) is 26.1 Å². The Morgan fingerprint density at radius 3 is 2.44 bits per heavy atom. The summed E-state index contributed by atoms with van der Waals surface area (Å²) in [5, 5.41) is 0. The predicted molar refractivity (Wildman–Crippen MR) is 58.8 cm³/mol. The molecule has 0 aromatic heterocycles. The number of aryl methyl sites for hydroxylation is 1.